The van der Waals surface area contributed by atoms with E-state index in [1.54, 1.807) is 12.1 Å². The summed E-state index contributed by atoms with van der Waals surface area (Å²) >= 11 is 0. The van der Waals surface area contributed by atoms with E-state index in [4.69, 9.17) is 5.73 Å². The van der Waals surface area contributed by atoms with Crippen LogP contribution in [0.4, 0.5) is 10.3 Å². The zero-order valence-electron chi connectivity index (χ0n) is 13.3. The maximum absolute atomic E-state index is 12.9. The third-order valence-electron chi connectivity index (χ3n) is 3.40. The van der Waals surface area contributed by atoms with E-state index in [9.17, 15) is 4.39 Å². The topological polar surface area (TPSA) is 51.8 Å². The Morgan fingerprint density at radius 3 is 2.00 bits per heavy atom. The third kappa shape index (κ3) is 5.11. The van der Waals surface area contributed by atoms with Gasteiger partial charge < -0.3 is 36.1 Å². The van der Waals surface area contributed by atoms with Crippen LogP contribution in [0, 0.1) is 5.82 Å². The monoisotopic (exact) mass is 373 g/mol. The van der Waals surface area contributed by atoms with Crippen molar-refractivity contribution in [2.75, 3.05) is 5.73 Å². The molecule has 3 nitrogen and oxygen atoms in total. The predicted molar refractivity (Wildman–Crippen MR) is 94.9 cm³/mol. The number of hydrogen-bond donors (Lipinski definition) is 1. The van der Waals surface area contributed by atoms with Crippen molar-refractivity contribution in [2.45, 2.75) is 0 Å². The molecule has 4 rings (SSSR count). The van der Waals surface area contributed by atoms with Crippen molar-refractivity contribution in [1.82, 2.24) is 9.97 Å². The SMILES string of the molecule is Nc1nc(-c2ccc(F)cc2)cc(-[c-]2cccc2)n1.[Fe].[cH-]1[cH-][cH-][cH-][cH-]1. The molecule has 0 saturated heterocycles. The van der Waals surface area contributed by atoms with Crippen LogP contribution in [0.2, 0.25) is 0 Å². The second-order valence-electron chi connectivity index (χ2n) is 5.14. The second kappa shape index (κ2) is 8.92. The summed E-state index contributed by atoms with van der Waals surface area (Å²) in [6, 6.07) is 25.8. The van der Waals surface area contributed by atoms with Gasteiger partial charge in [-0.3, -0.25) is 0 Å². The summed E-state index contributed by atoms with van der Waals surface area (Å²) in [5.41, 5.74) is 8.97. The van der Waals surface area contributed by atoms with Crippen LogP contribution in [-0.2, 0) is 17.1 Å². The third-order valence-corrected chi connectivity index (χ3v) is 3.40. The average molecular weight is 373 g/mol. The number of hydrogen-bond acceptors (Lipinski definition) is 3. The Hall–Kier alpha value is -2.75. The Bertz CT molecular complexity index is 853. The zero-order valence-corrected chi connectivity index (χ0v) is 14.4. The molecule has 132 valence electrons. The first-order valence-electron chi connectivity index (χ1n) is 7.51. The van der Waals surface area contributed by atoms with Gasteiger partial charge in [-0.1, -0.05) is 23.8 Å². The summed E-state index contributed by atoms with van der Waals surface area (Å²) in [5, 5.41) is 0. The fraction of sp³-hybridized carbons (Fsp3) is 0. The fourth-order valence-corrected chi connectivity index (χ4v) is 2.25. The van der Waals surface area contributed by atoms with Crippen molar-refractivity contribution in [3.63, 3.8) is 0 Å². The molecule has 1 heterocycles. The van der Waals surface area contributed by atoms with Gasteiger partial charge in [-0.2, -0.15) is 12.1 Å². The summed E-state index contributed by atoms with van der Waals surface area (Å²) < 4.78 is 12.9. The Morgan fingerprint density at radius 1 is 0.880 bits per heavy atom. The number of aromatic nitrogens is 2. The van der Waals surface area contributed by atoms with Gasteiger partial charge in [0.1, 0.15) is 5.82 Å². The van der Waals surface area contributed by atoms with Crippen molar-refractivity contribution in [3.8, 4) is 22.5 Å². The van der Waals surface area contributed by atoms with Crippen molar-refractivity contribution < 1.29 is 21.5 Å². The van der Waals surface area contributed by atoms with E-state index in [1.807, 2.05) is 60.7 Å². The fourth-order valence-electron chi connectivity index (χ4n) is 2.25. The first-order valence-corrected chi connectivity index (χ1v) is 7.51. The number of benzene rings is 1. The number of rotatable bonds is 2. The molecule has 0 bridgehead atoms. The molecule has 2 N–H and O–H groups in total. The number of nitrogen functional groups attached to an aromatic ring is 1. The molecule has 0 amide bonds. The van der Waals surface area contributed by atoms with E-state index >= 15 is 0 Å². The molecule has 0 aliphatic heterocycles. The normalized spacial score (nSPS) is 9.64. The Balaban J connectivity index is 0.000000325. The van der Waals surface area contributed by atoms with Crippen LogP contribution in [0.25, 0.3) is 22.5 Å². The van der Waals surface area contributed by atoms with E-state index < -0.39 is 0 Å². The number of nitrogens with two attached hydrogens (primary N) is 1. The first kappa shape index (κ1) is 18.6. The molecule has 0 aliphatic rings. The summed E-state index contributed by atoms with van der Waals surface area (Å²) in [5.74, 6) is -0.0694. The minimum atomic E-state index is -0.276. The molecule has 5 heteroatoms. The molecule has 0 unspecified atom stereocenters. The van der Waals surface area contributed by atoms with Crippen LogP contribution in [-0.4, -0.2) is 9.97 Å². The predicted octanol–water partition coefficient (Wildman–Crippen LogP) is 4.65. The molecular formula is C20H16FFeN3-6. The summed E-state index contributed by atoms with van der Waals surface area (Å²) in [6.45, 7) is 0. The summed E-state index contributed by atoms with van der Waals surface area (Å²) in [4.78, 5) is 8.40. The smallest absolute Gasteiger partial charge is 0.218 e. The Kier molecular flexibility index (Phi) is 6.63. The van der Waals surface area contributed by atoms with Gasteiger partial charge in [0, 0.05) is 22.8 Å². The van der Waals surface area contributed by atoms with E-state index in [0.717, 1.165) is 16.8 Å². The van der Waals surface area contributed by atoms with Crippen LogP contribution in [0.5, 0.6) is 0 Å². The van der Waals surface area contributed by atoms with E-state index in [0.29, 0.717) is 5.69 Å². The zero-order chi connectivity index (χ0) is 16.8. The van der Waals surface area contributed by atoms with Crippen LogP contribution in [0.15, 0.2) is 84.9 Å². The largest absolute Gasteiger partial charge is 0.748 e. The Labute approximate surface area is 156 Å². The molecule has 1 aromatic heterocycles. The van der Waals surface area contributed by atoms with Gasteiger partial charge in [0.25, 0.3) is 0 Å². The van der Waals surface area contributed by atoms with Crippen LogP contribution in [0.3, 0.4) is 0 Å². The van der Waals surface area contributed by atoms with Gasteiger partial charge in [-0.25, -0.2) is 14.4 Å². The van der Waals surface area contributed by atoms with E-state index in [-0.39, 0.29) is 28.8 Å². The minimum Gasteiger partial charge on any atom is -0.748 e. The molecule has 0 spiro atoms. The summed E-state index contributed by atoms with van der Waals surface area (Å²) in [7, 11) is 0. The van der Waals surface area contributed by atoms with Crippen LogP contribution < -0.4 is 5.73 Å². The van der Waals surface area contributed by atoms with Crippen molar-refractivity contribution >= 4 is 5.95 Å². The van der Waals surface area contributed by atoms with Gasteiger partial charge >= 0.3 is 0 Å². The first-order chi connectivity index (χ1) is 11.7. The van der Waals surface area contributed by atoms with Crippen molar-refractivity contribution in [3.05, 3.63) is 90.7 Å². The molecule has 0 atom stereocenters. The molecule has 0 fully saturated rings. The van der Waals surface area contributed by atoms with Crippen molar-refractivity contribution in [1.29, 1.82) is 0 Å². The van der Waals surface area contributed by atoms with E-state index in [1.165, 1.54) is 12.1 Å². The van der Waals surface area contributed by atoms with Crippen LogP contribution >= 0.6 is 0 Å². The molecular weight excluding hydrogens is 357 g/mol. The molecule has 0 aliphatic carbocycles. The van der Waals surface area contributed by atoms with Gasteiger partial charge in [0.2, 0.25) is 5.95 Å². The number of anilines is 1. The second-order valence-corrected chi connectivity index (χ2v) is 5.14. The van der Waals surface area contributed by atoms with Gasteiger partial charge in [0.05, 0.1) is 0 Å². The Morgan fingerprint density at radius 2 is 1.44 bits per heavy atom. The molecule has 4 aromatic rings. The quantitative estimate of drug-likeness (QED) is 0.411. The molecule has 3 aromatic carbocycles. The van der Waals surface area contributed by atoms with E-state index in [2.05, 4.69) is 9.97 Å². The number of nitrogens with zero attached hydrogens (tertiary/aromatic N) is 2. The van der Waals surface area contributed by atoms with Gasteiger partial charge in [-0.05, 0) is 23.4 Å². The van der Waals surface area contributed by atoms with Gasteiger partial charge in [-0.15, -0.1) is 12.1 Å². The molecule has 25 heavy (non-hydrogen) atoms. The molecule has 0 radical (unpaired) electrons. The maximum atomic E-state index is 12.9. The maximum Gasteiger partial charge on any atom is 0.218 e. The minimum absolute atomic E-state index is 0. The number of halogens is 1. The van der Waals surface area contributed by atoms with Crippen molar-refractivity contribution in [2.24, 2.45) is 0 Å². The van der Waals surface area contributed by atoms with Crippen LogP contribution in [0.1, 0.15) is 0 Å². The standard InChI is InChI=1S/C15H11FN3.C5H5.Fe/c16-12-7-5-11(6-8-12)14-9-13(18-15(17)19-14)10-3-1-2-4-10;1-2-4-5-3-1;/h1-9H,(H2,17,18,19);1-5H;/q-1;-5;. The molecule has 0 saturated carbocycles. The summed E-state index contributed by atoms with van der Waals surface area (Å²) in [6.07, 6.45) is 0. The average Bonchev–Trinajstić information content (AvgIpc) is 3.31. The van der Waals surface area contributed by atoms with Gasteiger partial charge in [0.15, 0.2) is 0 Å².